The first-order valence-electron chi connectivity index (χ1n) is 7.14. The average Bonchev–Trinajstić information content (AvgIpc) is 3.07. The number of rotatable bonds is 4. The number of hydrogen-bond acceptors (Lipinski definition) is 5. The molecule has 0 atom stereocenters. The molecule has 6 heteroatoms. The van der Waals surface area contributed by atoms with E-state index in [9.17, 15) is 4.79 Å². The summed E-state index contributed by atoms with van der Waals surface area (Å²) in [6.07, 6.45) is 8.40. The van der Waals surface area contributed by atoms with Gasteiger partial charge in [-0.3, -0.25) is 9.78 Å². The first-order chi connectivity index (χ1) is 10.3. The Morgan fingerprint density at radius 2 is 2.24 bits per heavy atom. The van der Waals surface area contributed by atoms with Gasteiger partial charge in [0.05, 0.1) is 19.0 Å². The van der Waals surface area contributed by atoms with Crippen LogP contribution in [-0.2, 0) is 11.3 Å². The van der Waals surface area contributed by atoms with Crippen LogP contribution in [0, 0.1) is 5.92 Å². The van der Waals surface area contributed by atoms with Crippen LogP contribution in [0.5, 0.6) is 0 Å². The number of hydrogen-bond donors (Lipinski definition) is 1. The monoisotopic (exact) mass is 286 g/mol. The Balaban J connectivity index is 1.48. The van der Waals surface area contributed by atoms with Crippen molar-refractivity contribution in [2.45, 2.75) is 19.4 Å². The molecule has 6 nitrogen and oxygen atoms in total. The molecule has 1 fully saturated rings. The zero-order chi connectivity index (χ0) is 14.5. The molecule has 3 heterocycles. The lowest BCUT2D eigenvalue weighted by Crippen LogP contribution is -2.40. The Morgan fingerprint density at radius 1 is 1.38 bits per heavy atom. The molecule has 0 saturated carbocycles. The lowest BCUT2D eigenvalue weighted by Gasteiger charge is -2.31. The summed E-state index contributed by atoms with van der Waals surface area (Å²) in [5.41, 5.74) is 0. The number of nitrogens with zero attached hydrogens (tertiary/aromatic N) is 3. The fourth-order valence-corrected chi connectivity index (χ4v) is 2.56. The van der Waals surface area contributed by atoms with Gasteiger partial charge in [0, 0.05) is 31.4 Å². The maximum atomic E-state index is 12.1. The quantitative estimate of drug-likeness (QED) is 0.924. The SMILES string of the molecule is O=C(NCc1ccco1)C1CCN(c2cnccn2)CC1. The van der Waals surface area contributed by atoms with E-state index < -0.39 is 0 Å². The molecule has 0 bridgehead atoms. The van der Waals surface area contributed by atoms with Gasteiger partial charge >= 0.3 is 0 Å². The van der Waals surface area contributed by atoms with Crippen LogP contribution in [-0.4, -0.2) is 29.0 Å². The molecular formula is C15H18N4O2. The third kappa shape index (κ3) is 3.39. The molecule has 110 valence electrons. The van der Waals surface area contributed by atoms with Crippen molar-refractivity contribution in [2.75, 3.05) is 18.0 Å². The van der Waals surface area contributed by atoms with Gasteiger partial charge in [0.1, 0.15) is 11.6 Å². The smallest absolute Gasteiger partial charge is 0.223 e. The molecule has 3 rings (SSSR count). The minimum atomic E-state index is 0.0629. The van der Waals surface area contributed by atoms with Crippen molar-refractivity contribution in [1.29, 1.82) is 0 Å². The fraction of sp³-hybridized carbons (Fsp3) is 0.400. The molecule has 2 aromatic rings. The summed E-state index contributed by atoms with van der Waals surface area (Å²) in [4.78, 5) is 22.7. The van der Waals surface area contributed by atoms with Crippen LogP contribution in [0.2, 0.25) is 0 Å². The van der Waals surface area contributed by atoms with Crippen molar-refractivity contribution >= 4 is 11.7 Å². The first kappa shape index (κ1) is 13.6. The van der Waals surface area contributed by atoms with E-state index in [1.165, 1.54) is 0 Å². The average molecular weight is 286 g/mol. The lowest BCUT2D eigenvalue weighted by atomic mass is 9.96. The number of amides is 1. The maximum Gasteiger partial charge on any atom is 0.223 e. The van der Waals surface area contributed by atoms with Crippen LogP contribution in [0.4, 0.5) is 5.82 Å². The topological polar surface area (TPSA) is 71.3 Å². The lowest BCUT2D eigenvalue weighted by molar-refractivity contribution is -0.125. The van der Waals surface area contributed by atoms with Crippen LogP contribution < -0.4 is 10.2 Å². The largest absolute Gasteiger partial charge is 0.467 e. The van der Waals surface area contributed by atoms with Crippen LogP contribution in [0.1, 0.15) is 18.6 Å². The summed E-state index contributed by atoms with van der Waals surface area (Å²) in [6, 6.07) is 3.68. The molecule has 21 heavy (non-hydrogen) atoms. The van der Waals surface area contributed by atoms with Gasteiger partial charge in [0.2, 0.25) is 5.91 Å². The molecule has 0 aromatic carbocycles. The number of carbonyl (C=O) groups excluding carboxylic acids is 1. The molecule has 0 radical (unpaired) electrons. The second-order valence-electron chi connectivity index (χ2n) is 5.12. The zero-order valence-corrected chi connectivity index (χ0v) is 11.7. The fourth-order valence-electron chi connectivity index (χ4n) is 2.56. The van der Waals surface area contributed by atoms with Crippen LogP contribution in [0.15, 0.2) is 41.4 Å². The first-order valence-corrected chi connectivity index (χ1v) is 7.14. The summed E-state index contributed by atoms with van der Waals surface area (Å²) in [6.45, 7) is 2.12. The van der Waals surface area contributed by atoms with Crippen LogP contribution in [0.3, 0.4) is 0 Å². The summed E-state index contributed by atoms with van der Waals surface area (Å²) in [7, 11) is 0. The van der Waals surface area contributed by atoms with E-state index >= 15 is 0 Å². The van der Waals surface area contributed by atoms with E-state index in [0.29, 0.717) is 6.54 Å². The van der Waals surface area contributed by atoms with Gasteiger partial charge in [-0.15, -0.1) is 0 Å². The highest BCUT2D eigenvalue weighted by molar-refractivity contribution is 5.78. The highest BCUT2D eigenvalue weighted by Crippen LogP contribution is 2.21. The number of nitrogens with one attached hydrogen (secondary N) is 1. The van der Waals surface area contributed by atoms with Gasteiger partial charge in [-0.05, 0) is 25.0 Å². The van der Waals surface area contributed by atoms with Crippen molar-refractivity contribution in [2.24, 2.45) is 5.92 Å². The van der Waals surface area contributed by atoms with Crippen molar-refractivity contribution in [3.8, 4) is 0 Å². The standard InChI is InChI=1S/C15H18N4O2/c20-15(18-10-13-2-1-9-21-13)12-3-7-19(8-4-12)14-11-16-5-6-17-14/h1-2,5-6,9,11-12H,3-4,7-8,10H2,(H,18,20). The van der Waals surface area contributed by atoms with E-state index in [2.05, 4.69) is 20.2 Å². The Labute approximate surface area is 123 Å². The predicted octanol–water partition coefficient (Wildman–Crippen LogP) is 1.60. The normalized spacial score (nSPS) is 15.9. The molecular weight excluding hydrogens is 268 g/mol. The molecule has 0 aliphatic carbocycles. The van der Waals surface area contributed by atoms with E-state index in [-0.39, 0.29) is 11.8 Å². The predicted molar refractivity (Wildman–Crippen MR) is 77.5 cm³/mol. The summed E-state index contributed by atoms with van der Waals surface area (Å²) in [5, 5.41) is 2.93. The van der Waals surface area contributed by atoms with E-state index in [0.717, 1.165) is 37.5 Å². The van der Waals surface area contributed by atoms with Gasteiger partial charge in [-0.2, -0.15) is 0 Å². The maximum absolute atomic E-state index is 12.1. The minimum Gasteiger partial charge on any atom is -0.467 e. The highest BCUT2D eigenvalue weighted by Gasteiger charge is 2.25. The third-order valence-electron chi connectivity index (χ3n) is 3.76. The third-order valence-corrected chi connectivity index (χ3v) is 3.76. The molecule has 0 spiro atoms. The van der Waals surface area contributed by atoms with Gasteiger partial charge in [0.15, 0.2) is 0 Å². The molecule has 2 aromatic heterocycles. The highest BCUT2D eigenvalue weighted by atomic mass is 16.3. The number of aromatic nitrogens is 2. The number of carbonyl (C=O) groups is 1. The van der Waals surface area contributed by atoms with Gasteiger partial charge in [0.25, 0.3) is 0 Å². The van der Waals surface area contributed by atoms with Crippen molar-refractivity contribution in [3.63, 3.8) is 0 Å². The Kier molecular flexibility index (Phi) is 4.14. The number of furan rings is 1. The molecule has 1 saturated heterocycles. The Bertz CT molecular complexity index is 563. The van der Waals surface area contributed by atoms with E-state index in [1.807, 2.05) is 12.1 Å². The van der Waals surface area contributed by atoms with Crippen molar-refractivity contribution in [3.05, 3.63) is 42.7 Å². The molecule has 1 amide bonds. The van der Waals surface area contributed by atoms with Crippen molar-refractivity contribution < 1.29 is 9.21 Å². The molecule has 1 aliphatic heterocycles. The van der Waals surface area contributed by atoms with Gasteiger partial charge < -0.3 is 14.6 Å². The zero-order valence-electron chi connectivity index (χ0n) is 11.7. The van der Waals surface area contributed by atoms with Crippen molar-refractivity contribution in [1.82, 2.24) is 15.3 Å². The Morgan fingerprint density at radius 3 is 2.90 bits per heavy atom. The molecule has 1 aliphatic rings. The minimum absolute atomic E-state index is 0.0629. The Hall–Kier alpha value is -2.37. The van der Waals surface area contributed by atoms with E-state index in [1.54, 1.807) is 24.9 Å². The molecule has 1 N–H and O–H groups in total. The molecule has 0 unspecified atom stereocenters. The van der Waals surface area contributed by atoms with Crippen LogP contribution >= 0.6 is 0 Å². The second kappa shape index (κ2) is 6.39. The van der Waals surface area contributed by atoms with E-state index in [4.69, 9.17) is 4.42 Å². The second-order valence-corrected chi connectivity index (χ2v) is 5.12. The number of anilines is 1. The van der Waals surface area contributed by atoms with Gasteiger partial charge in [-0.1, -0.05) is 0 Å². The number of piperidine rings is 1. The van der Waals surface area contributed by atoms with Crippen LogP contribution in [0.25, 0.3) is 0 Å². The summed E-state index contributed by atoms with van der Waals surface area (Å²) < 4.78 is 5.21. The van der Waals surface area contributed by atoms with Gasteiger partial charge in [-0.25, -0.2) is 4.98 Å². The summed E-state index contributed by atoms with van der Waals surface area (Å²) in [5.74, 6) is 1.82. The summed E-state index contributed by atoms with van der Waals surface area (Å²) >= 11 is 0.